The van der Waals surface area contributed by atoms with Gasteiger partial charge in [0.15, 0.2) is 0 Å². The van der Waals surface area contributed by atoms with E-state index in [2.05, 4.69) is 16.0 Å². The molecular formula is C34H47N5O8S2. The highest BCUT2D eigenvalue weighted by Gasteiger charge is 2.34. The number of hydrogen-bond donors (Lipinski definition) is 3. The minimum atomic E-state index is -3.95. The molecule has 0 spiro atoms. The summed E-state index contributed by atoms with van der Waals surface area (Å²) in [5.74, 6) is -0.584. The zero-order valence-corrected chi connectivity index (χ0v) is 30.5. The van der Waals surface area contributed by atoms with Crippen molar-refractivity contribution in [3.8, 4) is 0 Å². The van der Waals surface area contributed by atoms with Gasteiger partial charge in [-0.3, -0.25) is 20.4 Å². The van der Waals surface area contributed by atoms with Crippen molar-refractivity contribution >= 4 is 58.9 Å². The maximum absolute atomic E-state index is 14.0. The lowest BCUT2D eigenvalue weighted by Crippen LogP contribution is -2.42. The molecule has 3 aromatic carbocycles. The third-order valence-electron chi connectivity index (χ3n) is 9.55. The van der Waals surface area contributed by atoms with Gasteiger partial charge in [0, 0.05) is 47.7 Å². The van der Waals surface area contributed by atoms with Crippen LogP contribution in [-0.2, 0) is 29.7 Å². The molecular weight excluding hydrogens is 671 g/mol. The summed E-state index contributed by atoms with van der Waals surface area (Å²) in [6.07, 6.45) is 1.84. The molecule has 1 unspecified atom stereocenters. The number of anilines is 1. The number of nitrogens with zero attached hydrogens (tertiary/aromatic N) is 3. The van der Waals surface area contributed by atoms with E-state index in [1.54, 1.807) is 13.8 Å². The second-order valence-corrected chi connectivity index (χ2v) is 18.3. The van der Waals surface area contributed by atoms with Crippen molar-refractivity contribution in [3.05, 3.63) is 41.3 Å². The van der Waals surface area contributed by atoms with Crippen molar-refractivity contribution in [2.75, 3.05) is 38.4 Å². The fourth-order valence-electron chi connectivity index (χ4n) is 7.44. The second-order valence-electron chi connectivity index (χ2n) is 14.4. The number of carboxylic acid groups (broad SMARTS) is 1. The van der Waals surface area contributed by atoms with Crippen LogP contribution in [0.4, 0.5) is 11.4 Å². The summed E-state index contributed by atoms with van der Waals surface area (Å²) in [4.78, 5) is 29.9. The fourth-order valence-corrected chi connectivity index (χ4v) is 10.9. The van der Waals surface area contributed by atoms with Crippen molar-refractivity contribution in [3.63, 3.8) is 0 Å². The number of carbonyl (C=O) groups is 1. The maximum Gasteiger partial charge on any atom is 0.321 e. The number of benzene rings is 3. The smallest absolute Gasteiger partial charge is 0.321 e. The van der Waals surface area contributed by atoms with Crippen LogP contribution in [-0.4, -0.2) is 75.5 Å². The molecule has 0 saturated carbocycles. The Morgan fingerprint density at radius 1 is 0.816 bits per heavy atom. The molecule has 13 nitrogen and oxygen atoms in total. The Morgan fingerprint density at radius 3 is 1.61 bits per heavy atom. The number of rotatable bonds is 12. The van der Waals surface area contributed by atoms with Crippen LogP contribution in [0.1, 0.15) is 54.4 Å². The number of carboxylic acids is 1. The molecule has 0 radical (unpaired) electrons. The number of piperidine rings is 2. The number of nitrogens with one attached hydrogen (secondary N) is 2. The minimum Gasteiger partial charge on any atom is -0.480 e. The van der Waals surface area contributed by atoms with Gasteiger partial charge in [0.25, 0.3) is 0 Å². The van der Waals surface area contributed by atoms with Gasteiger partial charge in [-0.2, -0.15) is 8.61 Å². The Kier molecular flexibility index (Phi) is 11.0. The van der Waals surface area contributed by atoms with Gasteiger partial charge in [-0.1, -0.05) is 53.7 Å². The topological polar surface area (TPSA) is 175 Å². The Balaban J connectivity index is 1.66. The third-order valence-corrected chi connectivity index (χ3v) is 13.2. The quantitative estimate of drug-likeness (QED) is 0.0691. The zero-order valence-electron chi connectivity index (χ0n) is 28.8. The summed E-state index contributed by atoms with van der Waals surface area (Å²) in [6, 6.07) is 7.95. The van der Waals surface area contributed by atoms with Crippen molar-refractivity contribution < 1.29 is 31.6 Å². The molecule has 0 aliphatic carbocycles. The van der Waals surface area contributed by atoms with Crippen LogP contribution in [0.3, 0.4) is 0 Å². The van der Waals surface area contributed by atoms with Gasteiger partial charge in [-0.15, -0.1) is 4.91 Å². The number of hydrogen-bond acceptors (Lipinski definition) is 10. The van der Waals surface area contributed by atoms with E-state index in [0.29, 0.717) is 37.0 Å². The summed E-state index contributed by atoms with van der Waals surface area (Å²) >= 11 is 0. The highest BCUT2D eigenvalue weighted by molar-refractivity contribution is 7.89. The Morgan fingerprint density at radius 2 is 1.24 bits per heavy atom. The van der Waals surface area contributed by atoms with Crippen LogP contribution < -0.4 is 10.8 Å². The lowest BCUT2D eigenvalue weighted by molar-refractivity contribution is -0.141. The molecule has 3 aromatic rings. The Labute approximate surface area is 288 Å². The molecule has 3 N–H and O–H groups in total. The summed E-state index contributed by atoms with van der Waals surface area (Å²) in [5.41, 5.74) is 3.08. The number of aliphatic carboxylic acids is 1. The van der Waals surface area contributed by atoms with E-state index in [1.807, 2.05) is 27.7 Å². The van der Waals surface area contributed by atoms with E-state index >= 15 is 0 Å². The summed E-state index contributed by atoms with van der Waals surface area (Å²) in [6.45, 7) is 12.8. The molecule has 2 aliphatic heterocycles. The average Bonchev–Trinajstić information content (AvgIpc) is 3.02. The lowest BCUT2D eigenvalue weighted by atomic mass is 9.94. The first-order valence-corrected chi connectivity index (χ1v) is 19.6. The standard InChI is InChI=1S/C34H47N5O8S2/c1-20(2)31(34(40)41)35-19-47-37-33-29-13-25(48(43,44)38-15-21(3)11-22(4)16-38)7-9-27(29)32(36-42)28-10-8-26(14-30(28)33)49(45,46)39-17-23(5)12-24(6)18-39/h7-10,13-14,20-24,31,35,37H,11-12,15-19H2,1-6H3,(H,40,41)/t21-,22+,23-,24+,31?. The van der Waals surface area contributed by atoms with Crippen LogP contribution in [0.25, 0.3) is 21.5 Å². The largest absolute Gasteiger partial charge is 0.480 e. The molecule has 15 heteroatoms. The fraction of sp³-hybridized carbons (Fsp3) is 0.559. The van der Waals surface area contributed by atoms with Gasteiger partial charge in [0.05, 0.1) is 15.5 Å². The molecule has 49 heavy (non-hydrogen) atoms. The van der Waals surface area contributed by atoms with Gasteiger partial charge in [-0.25, -0.2) is 16.8 Å². The number of sulfonamides is 2. The third kappa shape index (κ3) is 7.61. The zero-order chi connectivity index (χ0) is 35.8. The first kappa shape index (κ1) is 37.1. The minimum absolute atomic E-state index is 0.00416. The van der Waals surface area contributed by atoms with E-state index in [9.17, 15) is 31.6 Å². The predicted octanol–water partition coefficient (Wildman–Crippen LogP) is 5.72. The molecule has 2 fully saturated rings. The Hall–Kier alpha value is -3.21. The van der Waals surface area contributed by atoms with Crippen molar-refractivity contribution in [2.24, 2.45) is 34.8 Å². The monoisotopic (exact) mass is 717 g/mol. The van der Waals surface area contributed by atoms with Crippen LogP contribution in [0.5, 0.6) is 0 Å². The van der Waals surface area contributed by atoms with Crippen LogP contribution in [0.15, 0.2) is 51.4 Å². The van der Waals surface area contributed by atoms with E-state index < -0.39 is 32.1 Å². The Bertz CT molecular complexity index is 1820. The van der Waals surface area contributed by atoms with Gasteiger partial charge in [0.1, 0.15) is 18.5 Å². The molecule has 0 amide bonds. The average molecular weight is 718 g/mol. The van der Waals surface area contributed by atoms with Crippen LogP contribution in [0.2, 0.25) is 0 Å². The summed E-state index contributed by atoms with van der Waals surface area (Å²) in [7, 11) is -7.89. The van der Waals surface area contributed by atoms with Gasteiger partial charge in [0.2, 0.25) is 20.0 Å². The highest BCUT2D eigenvalue weighted by Crippen LogP contribution is 2.44. The maximum atomic E-state index is 14.0. The van der Waals surface area contributed by atoms with E-state index in [0.717, 1.165) is 12.8 Å². The van der Waals surface area contributed by atoms with Crippen molar-refractivity contribution in [1.29, 1.82) is 0 Å². The molecule has 2 saturated heterocycles. The normalized spacial score (nSPS) is 23.6. The van der Waals surface area contributed by atoms with Gasteiger partial charge in [-0.05, 0) is 71.9 Å². The second kappa shape index (κ2) is 14.6. The predicted molar refractivity (Wildman–Crippen MR) is 189 cm³/mol. The molecule has 268 valence electrons. The molecule has 5 atom stereocenters. The van der Waals surface area contributed by atoms with E-state index in [4.69, 9.17) is 4.84 Å². The summed E-state index contributed by atoms with van der Waals surface area (Å²) in [5, 5.41) is 16.9. The van der Waals surface area contributed by atoms with Crippen LogP contribution in [0, 0.1) is 34.5 Å². The molecule has 2 heterocycles. The SMILES string of the molecule is CC(C)C(NCONc1c2cc(S(=O)(=O)N3C[C@H](C)C[C@H](C)C3)ccc2c(N=O)c2ccc(S(=O)(=O)N3C[C@H](C)C[C@H](C)C3)cc12)C(=O)O. The molecule has 5 rings (SSSR count). The lowest BCUT2D eigenvalue weighted by Gasteiger charge is -2.34. The summed E-state index contributed by atoms with van der Waals surface area (Å²) < 4.78 is 58.8. The number of nitroso groups, excluding NO2 is 1. The first-order valence-electron chi connectivity index (χ1n) is 16.8. The van der Waals surface area contributed by atoms with Gasteiger partial charge >= 0.3 is 5.97 Å². The van der Waals surface area contributed by atoms with Gasteiger partial charge < -0.3 is 5.11 Å². The first-order chi connectivity index (χ1) is 23.0. The molecule has 2 aliphatic rings. The molecule has 0 aromatic heterocycles. The molecule has 0 bridgehead atoms. The van der Waals surface area contributed by atoms with E-state index in [1.165, 1.54) is 45.0 Å². The van der Waals surface area contributed by atoms with E-state index in [-0.39, 0.29) is 68.3 Å². The van der Waals surface area contributed by atoms with Crippen LogP contribution >= 0.6 is 0 Å². The highest BCUT2D eigenvalue weighted by atomic mass is 32.2. The van der Waals surface area contributed by atoms with Crippen molar-refractivity contribution in [1.82, 2.24) is 13.9 Å². The number of fused-ring (bicyclic) bond motifs is 2. The van der Waals surface area contributed by atoms with Crippen molar-refractivity contribution in [2.45, 2.75) is 70.2 Å².